The fraction of sp³-hybridized carbons (Fsp3) is 0. The highest BCUT2D eigenvalue weighted by Gasteiger charge is 2.09. The van der Waals surface area contributed by atoms with Crippen LogP contribution in [0.5, 0.6) is 0 Å². The lowest BCUT2D eigenvalue weighted by atomic mass is 10.1. The fourth-order valence-electron chi connectivity index (χ4n) is 2.46. The van der Waals surface area contributed by atoms with Crippen LogP contribution < -0.4 is 11.1 Å². The summed E-state index contributed by atoms with van der Waals surface area (Å²) in [5.41, 5.74) is 3.59. The molecule has 2 aromatic carbocycles. The van der Waals surface area contributed by atoms with E-state index in [1.165, 1.54) is 17.4 Å². The number of aromatic amines is 1. The molecule has 0 aliphatic rings. The highest BCUT2D eigenvalue weighted by atomic mass is 32.1. The molecule has 0 saturated carbocycles. The number of carbonyl (C=O) groups is 1. The summed E-state index contributed by atoms with van der Waals surface area (Å²) in [4.78, 5) is 30.3. The zero-order valence-corrected chi connectivity index (χ0v) is 14.2. The van der Waals surface area contributed by atoms with Crippen LogP contribution in [-0.2, 0) is 4.79 Å². The van der Waals surface area contributed by atoms with E-state index >= 15 is 0 Å². The molecule has 0 aliphatic heterocycles. The first-order chi connectivity index (χ1) is 12.7. The Kier molecular flexibility index (Phi) is 4.20. The average Bonchev–Trinajstić information content (AvgIpc) is 3.25. The molecule has 2 heterocycles. The van der Waals surface area contributed by atoms with Crippen molar-refractivity contribution in [2.24, 2.45) is 0 Å². The SMILES string of the molecule is O=C(/C=C/c1ccccc1)Nc1nc(-c2ccc3oc(=O)[nH]c3c2)cs1. The van der Waals surface area contributed by atoms with Crippen LogP contribution in [0.1, 0.15) is 5.56 Å². The quantitative estimate of drug-likeness (QED) is 0.538. The third-order valence-electron chi connectivity index (χ3n) is 3.68. The average molecular weight is 363 g/mol. The Balaban J connectivity index is 1.49. The van der Waals surface area contributed by atoms with E-state index in [0.29, 0.717) is 21.9 Å². The van der Waals surface area contributed by atoms with E-state index in [4.69, 9.17) is 4.42 Å². The summed E-state index contributed by atoms with van der Waals surface area (Å²) in [5, 5.41) is 5.10. The lowest BCUT2D eigenvalue weighted by molar-refractivity contribution is -0.111. The minimum absolute atomic E-state index is 0.246. The number of aromatic nitrogens is 2. The van der Waals surface area contributed by atoms with E-state index in [0.717, 1.165) is 11.1 Å². The topological polar surface area (TPSA) is 88.0 Å². The van der Waals surface area contributed by atoms with Gasteiger partial charge >= 0.3 is 5.76 Å². The number of H-pyrrole nitrogens is 1. The van der Waals surface area contributed by atoms with Gasteiger partial charge in [-0.15, -0.1) is 11.3 Å². The Hall–Kier alpha value is -3.45. The van der Waals surface area contributed by atoms with Crippen molar-refractivity contribution in [1.29, 1.82) is 0 Å². The van der Waals surface area contributed by atoms with Crippen LogP contribution >= 0.6 is 11.3 Å². The molecule has 0 bridgehead atoms. The summed E-state index contributed by atoms with van der Waals surface area (Å²) in [6.45, 7) is 0. The van der Waals surface area contributed by atoms with Crippen LogP contribution in [0.15, 0.2) is 69.2 Å². The maximum Gasteiger partial charge on any atom is 0.417 e. The number of carbonyl (C=O) groups excluding carboxylic acids is 1. The molecule has 0 fully saturated rings. The molecule has 0 atom stereocenters. The maximum absolute atomic E-state index is 12.0. The second-order valence-electron chi connectivity index (χ2n) is 5.50. The van der Waals surface area contributed by atoms with Gasteiger partial charge < -0.3 is 4.42 Å². The number of nitrogens with zero attached hydrogens (tertiary/aromatic N) is 1. The predicted molar refractivity (Wildman–Crippen MR) is 102 cm³/mol. The maximum atomic E-state index is 12.0. The molecule has 0 unspecified atom stereocenters. The van der Waals surface area contributed by atoms with Crippen LogP contribution in [0, 0.1) is 0 Å². The molecule has 26 heavy (non-hydrogen) atoms. The molecule has 7 heteroatoms. The third kappa shape index (κ3) is 3.47. The number of anilines is 1. The van der Waals surface area contributed by atoms with E-state index in [1.807, 2.05) is 41.8 Å². The molecule has 0 saturated heterocycles. The Morgan fingerprint density at radius 1 is 1.19 bits per heavy atom. The van der Waals surface area contributed by atoms with E-state index in [1.54, 1.807) is 18.2 Å². The van der Waals surface area contributed by atoms with Gasteiger partial charge in [0, 0.05) is 17.0 Å². The molecule has 2 N–H and O–H groups in total. The Labute approximate surface area is 151 Å². The summed E-state index contributed by atoms with van der Waals surface area (Å²) in [6.07, 6.45) is 3.21. The first-order valence-electron chi connectivity index (χ1n) is 7.80. The van der Waals surface area contributed by atoms with E-state index < -0.39 is 5.76 Å². The number of nitrogens with one attached hydrogen (secondary N) is 2. The van der Waals surface area contributed by atoms with Crippen LogP contribution in [0.3, 0.4) is 0 Å². The van der Waals surface area contributed by atoms with E-state index in [9.17, 15) is 9.59 Å². The van der Waals surface area contributed by atoms with Gasteiger partial charge in [-0.05, 0) is 29.8 Å². The second-order valence-corrected chi connectivity index (χ2v) is 6.35. The molecule has 0 aliphatic carbocycles. The van der Waals surface area contributed by atoms with Crippen molar-refractivity contribution in [2.75, 3.05) is 5.32 Å². The highest BCUT2D eigenvalue weighted by Crippen LogP contribution is 2.27. The fourth-order valence-corrected chi connectivity index (χ4v) is 3.18. The predicted octanol–water partition coefficient (Wildman–Crippen LogP) is 3.90. The number of amides is 1. The molecule has 128 valence electrons. The van der Waals surface area contributed by atoms with Crippen molar-refractivity contribution in [3.05, 3.63) is 76.1 Å². The lowest BCUT2D eigenvalue weighted by Crippen LogP contribution is -2.07. The Morgan fingerprint density at radius 3 is 2.88 bits per heavy atom. The molecule has 2 aromatic heterocycles. The lowest BCUT2D eigenvalue weighted by Gasteiger charge is -1.97. The molecule has 4 rings (SSSR count). The Morgan fingerprint density at radius 2 is 2.04 bits per heavy atom. The highest BCUT2D eigenvalue weighted by molar-refractivity contribution is 7.14. The van der Waals surface area contributed by atoms with Gasteiger partial charge in [-0.25, -0.2) is 9.78 Å². The summed E-state index contributed by atoms with van der Waals surface area (Å²) < 4.78 is 4.99. The zero-order valence-electron chi connectivity index (χ0n) is 13.4. The molecule has 0 spiro atoms. The molecule has 1 amide bonds. The molecule has 6 nitrogen and oxygen atoms in total. The van der Waals surface area contributed by atoms with Crippen molar-refractivity contribution in [3.63, 3.8) is 0 Å². The van der Waals surface area contributed by atoms with Crippen LogP contribution in [0.25, 0.3) is 28.4 Å². The third-order valence-corrected chi connectivity index (χ3v) is 4.43. The number of benzene rings is 2. The van der Waals surface area contributed by atoms with Crippen LogP contribution in [0.2, 0.25) is 0 Å². The smallest absolute Gasteiger partial charge is 0.408 e. The van der Waals surface area contributed by atoms with Crippen LogP contribution in [-0.4, -0.2) is 15.9 Å². The zero-order chi connectivity index (χ0) is 17.9. The van der Waals surface area contributed by atoms with Gasteiger partial charge in [0.2, 0.25) is 5.91 Å². The minimum atomic E-state index is -0.492. The summed E-state index contributed by atoms with van der Waals surface area (Å²) in [5.74, 6) is -0.738. The number of thiazole rings is 1. The molecule has 0 radical (unpaired) electrons. The second kappa shape index (κ2) is 6.81. The summed E-state index contributed by atoms with van der Waals surface area (Å²) in [6, 6.07) is 14.9. The number of fused-ring (bicyclic) bond motifs is 1. The number of hydrogen-bond acceptors (Lipinski definition) is 5. The molecular weight excluding hydrogens is 350 g/mol. The monoisotopic (exact) mass is 363 g/mol. The van der Waals surface area contributed by atoms with Crippen molar-refractivity contribution < 1.29 is 9.21 Å². The van der Waals surface area contributed by atoms with Crippen molar-refractivity contribution in [2.45, 2.75) is 0 Å². The first-order valence-corrected chi connectivity index (χ1v) is 8.68. The van der Waals surface area contributed by atoms with Gasteiger partial charge in [0.25, 0.3) is 0 Å². The van der Waals surface area contributed by atoms with Gasteiger partial charge in [-0.1, -0.05) is 30.3 Å². The van der Waals surface area contributed by atoms with E-state index in [2.05, 4.69) is 15.3 Å². The standard InChI is InChI=1S/C19H13N3O3S/c23-17(9-6-12-4-2-1-3-5-12)22-18-20-15(11-26-18)13-7-8-16-14(10-13)21-19(24)25-16/h1-11H,(H,21,24)(H,20,22,23)/b9-6+. The van der Waals surface area contributed by atoms with Crippen molar-refractivity contribution in [1.82, 2.24) is 9.97 Å². The molecule has 4 aromatic rings. The summed E-state index contributed by atoms with van der Waals surface area (Å²) >= 11 is 1.33. The van der Waals surface area contributed by atoms with Gasteiger partial charge in [0.05, 0.1) is 11.2 Å². The van der Waals surface area contributed by atoms with Gasteiger partial charge in [-0.2, -0.15) is 0 Å². The van der Waals surface area contributed by atoms with Crippen LogP contribution in [0.4, 0.5) is 5.13 Å². The minimum Gasteiger partial charge on any atom is -0.408 e. The van der Waals surface area contributed by atoms with Gasteiger partial charge in [0.15, 0.2) is 10.7 Å². The van der Waals surface area contributed by atoms with Gasteiger partial charge in [-0.3, -0.25) is 15.1 Å². The number of oxazole rings is 1. The normalized spacial score (nSPS) is 11.2. The number of hydrogen-bond donors (Lipinski definition) is 2. The summed E-state index contributed by atoms with van der Waals surface area (Å²) in [7, 11) is 0. The van der Waals surface area contributed by atoms with Gasteiger partial charge in [0.1, 0.15) is 0 Å². The van der Waals surface area contributed by atoms with Crippen molar-refractivity contribution >= 4 is 39.6 Å². The van der Waals surface area contributed by atoms with E-state index in [-0.39, 0.29) is 5.91 Å². The number of rotatable bonds is 4. The largest absolute Gasteiger partial charge is 0.417 e. The Bertz CT molecular complexity index is 1160. The van der Waals surface area contributed by atoms with Crippen molar-refractivity contribution in [3.8, 4) is 11.3 Å². The molecular formula is C19H13N3O3S. The first kappa shape index (κ1) is 16.0.